The van der Waals surface area contributed by atoms with E-state index in [1.165, 1.54) is 39.0 Å². The quantitative estimate of drug-likeness (QED) is 0.638. The summed E-state index contributed by atoms with van der Waals surface area (Å²) >= 11 is 0. The molecule has 1 aliphatic heterocycles. The highest BCUT2D eigenvalue weighted by molar-refractivity contribution is 4.86. The molecule has 0 unspecified atom stereocenters. The summed E-state index contributed by atoms with van der Waals surface area (Å²) in [5.74, 6) is 0.995. The van der Waals surface area contributed by atoms with Crippen molar-refractivity contribution in [3.63, 3.8) is 0 Å². The third-order valence-electron chi connectivity index (χ3n) is 3.02. The summed E-state index contributed by atoms with van der Waals surface area (Å²) < 4.78 is 0. The van der Waals surface area contributed by atoms with Gasteiger partial charge in [-0.1, -0.05) is 14.4 Å². The van der Waals surface area contributed by atoms with Gasteiger partial charge in [-0.15, -0.1) is 0 Å². The standard InChI is InChI=1S/C9H18N2.CH4/c1-8-6-9(7-8)11-4-2-10-3-5-11;/h8-10H,2-7H2,1H3;1H4. The minimum Gasteiger partial charge on any atom is -0.314 e. The monoisotopic (exact) mass is 170 g/mol. The maximum absolute atomic E-state index is 3.39. The van der Waals surface area contributed by atoms with Crippen molar-refractivity contribution in [1.82, 2.24) is 10.2 Å². The van der Waals surface area contributed by atoms with Crippen LogP contribution in [0.4, 0.5) is 0 Å². The molecule has 1 saturated heterocycles. The second kappa shape index (κ2) is 4.24. The van der Waals surface area contributed by atoms with Gasteiger partial charge in [-0.25, -0.2) is 0 Å². The summed E-state index contributed by atoms with van der Waals surface area (Å²) in [6, 6.07) is 0.937. The van der Waals surface area contributed by atoms with E-state index in [0.717, 1.165) is 12.0 Å². The zero-order chi connectivity index (χ0) is 7.68. The molecule has 72 valence electrons. The number of rotatable bonds is 1. The second-order valence-corrected chi connectivity index (χ2v) is 4.02. The Morgan fingerprint density at radius 2 is 1.75 bits per heavy atom. The van der Waals surface area contributed by atoms with E-state index < -0.39 is 0 Å². The lowest BCUT2D eigenvalue weighted by Crippen LogP contribution is -2.52. The van der Waals surface area contributed by atoms with Gasteiger partial charge in [0.05, 0.1) is 0 Å². The van der Waals surface area contributed by atoms with Gasteiger partial charge in [-0.2, -0.15) is 0 Å². The Hall–Kier alpha value is -0.0800. The lowest BCUT2D eigenvalue weighted by atomic mass is 9.80. The van der Waals surface area contributed by atoms with Crippen LogP contribution in [0.2, 0.25) is 0 Å². The van der Waals surface area contributed by atoms with Crippen LogP contribution in [0.5, 0.6) is 0 Å². The van der Waals surface area contributed by atoms with Crippen molar-refractivity contribution in [2.45, 2.75) is 33.2 Å². The normalized spacial score (nSPS) is 36.8. The fourth-order valence-electron chi connectivity index (χ4n) is 2.21. The van der Waals surface area contributed by atoms with E-state index in [4.69, 9.17) is 0 Å². The average Bonchev–Trinajstić information content (AvgIpc) is 2.01. The van der Waals surface area contributed by atoms with Crippen LogP contribution >= 0.6 is 0 Å². The molecule has 2 aliphatic rings. The summed E-state index contributed by atoms with van der Waals surface area (Å²) in [6.45, 7) is 7.31. The molecule has 0 atom stereocenters. The van der Waals surface area contributed by atoms with Crippen molar-refractivity contribution < 1.29 is 0 Å². The molecule has 1 heterocycles. The molecule has 1 N–H and O–H groups in total. The van der Waals surface area contributed by atoms with Crippen molar-refractivity contribution in [2.75, 3.05) is 26.2 Å². The van der Waals surface area contributed by atoms with Crippen LogP contribution < -0.4 is 5.32 Å². The number of hydrogen-bond donors (Lipinski definition) is 1. The Bertz CT molecular complexity index is 124. The minimum atomic E-state index is 0. The lowest BCUT2D eigenvalue weighted by Gasteiger charge is -2.43. The SMILES string of the molecule is C.CC1CC(N2CCNCC2)C1. The predicted molar refractivity (Wildman–Crippen MR) is 53.4 cm³/mol. The van der Waals surface area contributed by atoms with Gasteiger partial charge in [0.25, 0.3) is 0 Å². The van der Waals surface area contributed by atoms with E-state index >= 15 is 0 Å². The minimum absolute atomic E-state index is 0. The highest BCUT2D eigenvalue weighted by Gasteiger charge is 2.30. The first kappa shape index (κ1) is 10.0. The average molecular weight is 170 g/mol. The fraction of sp³-hybridized carbons (Fsp3) is 1.00. The van der Waals surface area contributed by atoms with Crippen molar-refractivity contribution in [1.29, 1.82) is 0 Å². The maximum atomic E-state index is 3.39. The van der Waals surface area contributed by atoms with Crippen LogP contribution in [-0.4, -0.2) is 37.1 Å². The Morgan fingerprint density at radius 3 is 2.25 bits per heavy atom. The lowest BCUT2D eigenvalue weighted by molar-refractivity contribution is 0.0753. The van der Waals surface area contributed by atoms with Gasteiger partial charge in [0.15, 0.2) is 0 Å². The van der Waals surface area contributed by atoms with Gasteiger partial charge in [-0.05, 0) is 18.8 Å². The van der Waals surface area contributed by atoms with Gasteiger partial charge in [0.1, 0.15) is 0 Å². The topological polar surface area (TPSA) is 15.3 Å². The Kier molecular flexibility index (Phi) is 3.53. The van der Waals surface area contributed by atoms with Crippen molar-refractivity contribution in [3.8, 4) is 0 Å². The van der Waals surface area contributed by atoms with E-state index in [1.54, 1.807) is 0 Å². The molecule has 0 radical (unpaired) electrons. The van der Waals surface area contributed by atoms with Gasteiger partial charge in [0.2, 0.25) is 0 Å². The van der Waals surface area contributed by atoms with E-state index in [0.29, 0.717) is 0 Å². The zero-order valence-electron chi connectivity index (χ0n) is 7.34. The summed E-state index contributed by atoms with van der Waals surface area (Å²) in [7, 11) is 0. The largest absolute Gasteiger partial charge is 0.314 e. The molecular weight excluding hydrogens is 148 g/mol. The molecule has 0 amide bonds. The first-order valence-electron chi connectivity index (χ1n) is 4.81. The highest BCUT2D eigenvalue weighted by atomic mass is 15.2. The summed E-state index contributed by atoms with van der Waals surface area (Å²) in [5.41, 5.74) is 0. The molecule has 0 spiro atoms. The Morgan fingerprint density at radius 1 is 1.17 bits per heavy atom. The van der Waals surface area contributed by atoms with Crippen LogP contribution in [0.15, 0.2) is 0 Å². The molecular formula is C10H22N2. The van der Waals surface area contributed by atoms with E-state index in [9.17, 15) is 0 Å². The fourth-order valence-corrected chi connectivity index (χ4v) is 2.21. The van der Waals surface area contributed by atoms with Gasteiger partial charge in [-0.3, -0.25) is 4.90 Å². The van der Waals surface area contributed by atoms with Crippen LogP contribution in [0.1, 0.15) is 27.2 Å². The van der Waals surface area contributed by atoms with Gasteiger partial charge < -0.3 is 5.32 Å². The smallest absolute Gasteiger partial charge is 0.0110 e. The van der Waals surface area contributed by atoms with Crippen molar-refractivity contribution >= 4 is 0 Å². The van der Waals surface area contributed by atoms with E-state index in [-0.39, 0.29) is 7.43 Å². The molecule has 0 bridgehead atoms. The van der Waals surface area contributed by atoms with Gasteiger partial charge in [0, 0.05) is 32.2 Å². The molecule has 0 aromatic heterocycles. The number of hydrogen-bond acceptors (Lipinski definition) is 2. The van der Waals surface area contributed by atoms with E-state index in [2.05, 4.69) is 17.1 Å². The molecule has 2 rings (SSSR count). The molecule has 12 heavy (non-hydrogen) atoms. The first-order chi connectivity index (χ1) is 5.36. The highest BCUT2D eigenvalue weighted by Crippen LogP contribution is 2.30. The maximum Gasteiger partial charge on any atom is 0.0110 e. The van der Waals surface area contributed by atoms with Crippen molar-refractivity contribution in [2.24, 2.45) is 5.92 Å². The van der Waals surface area contributed by atoms with Crippen molar-refractivity contribution in [3.05, 3.63) is 0 Å². The zero-order valence-corrected chi connectivity index (χ0v) is 7.34. The predicted octanol–water partition coefficient (Wildman–Crippen LogP) is 1.33. The molecule has 0 aromatic rings. The van der Waals surface area contributed by atoms with E-state index in [1.807, 2.05) is 0 Å². The molecule has 2 fully saturated rings. The summed E-state index contributed by atoms with van der Waals surface area (Å²) in [4.78, 5) is 2.65. The number of piperazine rings is 1. The Labute approximate surface area is 76.3 Å². The van der Waals surface area contributed by atoms with Crippen LogP contribution in [0.25, 0.3) is 0 Å². The van der Waals surface area contributed by atoms with Gasteiger partial charge >= 0.3 is 0 Å². The number of nitrogens with zero attached hydrogens (tertiary/aromatic N) is 1. The number of nitrogens with one attached hydrogen (secondary N) is 1. The first-order valence-corrected chi connectivity index (χ1v) is 4.81. The summed E-state index contributed by atoms with van der Waals surface area (Å²) in [5, 5.41) is 3.39. The van der Waals surface area contributed by atoms with Crippen LogP contribution in [0, 0.1) is 5.92 Å². The summed E-state index contributed by atoms with van der Waals surface area (Å²) in [6.07, 6.45) is 2.89. The van der Waals surface area contributed by atoms with Crippen LogP contribution in [-0.2, 0) is 0 Å². The molecule has 1 saturated carbocycles. The third-order valence-corrected chi connectivity index (χ3v) is 3.02. The third kappa shape index (κ3) is 1.99. The Balaban J connectivity index is 0.000000720. The van der Waals surface area contributed by atoms with Crippen LogP contribution in [0.3, 0.4) is 0 Å². The molecule has 1 aliphatic carbocycles. The molecule has 2 heteroatoms. The molecule has 2 nitrogen and oxygen atoms in total. The second-order valence-electron chi connectivity index (χ2n) is 4.02. The molecule has 0 aromatic carbocycles.